The number of nitrogens with one attached hydrogen (secondary N) is 1. The summed E-state index contributed by atoms with van der Waals surface area (Å²) in [6.45, 7) is 1.62. The fourth-order valence-electron chi connectivity index (χ4n) is 3.09. The van der Waals surface area contributed by atoms with E-state index in [2.05, 4.69) is 10.2 Å². The van der Waals surface area contributed by atoms with Crippen molar-refractivity contribution >= 4 is 34.8 Å². The SMILES string of the molecule is NC(=O)c1ccc(N2CCCCC2)c(NC(=O)c2cc(F)c(F)cc2Cl)c1. The number of benzene rings is 2. The molecule has 2 aromatic rings. The largest absolute Gasteiger partial charge is 0.370 e. The molecule has 3 rings (SSSR count). The maximum absolute atomic E-state index is 13.5. The zero-order chi connectivity index (χ0) is 19.6. The van der Waals surface area contributed by atoms with E-state index in [1.165, 1.54) is 6.07 Å². The average molecular weight is 394 g/mol. The number of anilines is 2. The molecule has 142 valence electrons. The molecule has 0 bridgehead atoms. The minimum Gasteiger partial charge on any atom is -0.370 e. The Labute approximate surface area is 160 Å². The monoisotopic (exact) mass is 393 g/mol. The van der Waals surface area contributed by atoms with Crippen LogP contribution in [0.4, 0.5) is 20.2 Å². The molecule has 0 spiro atoms. The third kappa shape index (κ3) is 4.19. The van der Waals surface area contributed by atoms with Gasteiger partial charge in [0.15, 0.2) is 11.6 Å². The van der Waals surface area contributed by atoms with Crippen molar-refractivity contribution in [1.29, 1.82) is 0 Å². The molecule has 0 aromatic heterocycles. The number of amides is 2. The van der Waals surface area contributed by atoms with Gasteiger partial charge in [0.25, 0.3) is 5.91 Å². The van der Waals surface area contributed by atoms with Gasteiger partial charge >= 0.3 is 0 Å². The Bertz CT molecular complexity index is 899. The van der Waals surface area contributed by atoms with Crippen LogP contribution >= 0.6 is 11.6 Å². The third-order valence-corrected chi connectivity index (χ3v) is 4.79. The Balaban J connectivity index is 1.96. The number of nitrogens with two attached hydrogens (primary N) is 1. The summed E-state index contributed by atoms with van der Waals surface area (Å²) in [6.07, 6.45) is 3.15. The minimum atomic E-state index is -1.17. The van der Waals surface area contributed by atoms with Crippen LogP contribution in [0, 0.1) is 11.6 Å². The fourth-order valence-corrected chi connectivity index (χ4v) is 3.32. The number of piperidine rings is 1. The van der Waals surface area contributed by atoms with E-state index in [0.29, 0.717) is 5.69 Å². The van der Waals surface area contributed by atoms with Gasteiger partial charge in [0, 0.05) is 18.7 Å². The second kappa shape index (κ2) is 7.92. The quantitative estimate of drug-likeness (QED) is 0.772. The van der Waals surface area contributed by atoms with Gasteiger partial charge in [-0.1, -0.05) is 11.6 Å². The van der Waals surface area contributed by atoms with Crippen LogP contribution in [0.5, 0.6) is 0 Å². The van der Waals surface area contributed by atoms with Gasteiger partial charge in [0.2, 0.25) is 5.91 Å². The number of hydrogen-bond donors (Lipinski definition) is 2. The number of halogens is 3. The maximum atomic E-state index is 13.5. The van der Waals surface area contributed by atoms with Crippen molar-refractivity contribution in [3.8, 4) is 0 Å². The van der Waals surface area contributed by atoms with Gasteiger partial charge in [-0.05, 0) is 49.6 Å². The summed E-state index contributed by atoms with van der Waals surface area (Å²) in [5, 5.41) is 2.43. The minimum absolute atomic E-state index is 0.204. The summed E-state index contributed by atoms with van der Waals surface area (Å²) in [7, 11) is 0. The molecule has 3 N–H and O–H groups in total. The number of carbonyl (C=O) groups is 2. The smallest absolute Gasteiger partial charge is 0.257 e. The molecule has 0 radical (unpaired) electrons. The molecule has 0 unspecified atom stereocenters. The number of nitrogens with zero attached hydrogens (tertiary/aromatic N) is 1. The number of primary amides is 1. The van der Waals surface area contributed by atoms with Crippen LogP contribution in [0.3, 0.4) is 0 Å². The number of hydrogen-bond acceptors (Lipinski definition) is 3. The lowest BCUT2D eigenvalue weighted by Crippen LogP contribution is -2.30. The molecule has 1 saturated heterocycles. The van der Waals surface area contributed by atoms with Gasteiger partial charge in [-0.25, -0.2) is 8.78 Å². The normalized spacial score (nSPS) is 14.1. The second-order valence-corrected chi connectivity index (χ2v) is 6.75. The van der Waals surface area contributed by atoms with E-state index in [1.807, 2.05) is 0 Å². The van der Waals surface area contributed by atoms with Crippen LogP contribution < -0.4 is 16.0 Å². The average Bonchev–Trinajstić information content (AvgIpc) is 2.65. The predicted octanol–water partition coefficient (Wildman–Crippen LogP) is 3.96. The van der Waals surface area contributed by atoms with Crippen molar-refractivity contribution < 1.29 is 18.4 Å². The zero-order valence-corrected chi connectivity index (χ0v) is 15.2. The number of rotatable bonds is 4. The molecular formula is C19H18ClF2N3O2. The van der Waals surface area contributed by atoms with Crippen molar-refractivity contribution in [3.05, 3.63) is 58.1 Å². The summed E-state index contributed by atoms with van der Waals surface area (Å²) in [5.74, 6) is -3.66. The standard InChI is InChI=1S/C19H18ClF2N3O2/c20-13-10-15(22)14(21)9-12(13)19(27)24-16-8-11(18(23)26)4-5-17(16)25-6-2-1-3-7-25/h4-5,8-10H,1-3,6-7H2,(H2,23,26)(H,24,27). The van der Waals surface area contributed by atoms with Crippen LogP contribution in [-0.4, -0.2) is 24.9 Å². The van der Waals surface area contributed by atoms with Crippen molar-refractivity contribution in [3.63, 3.8) is 0 Å². The van der Waals surface area contributed by atoms with Gasteiger partial charge in [0.1, 0.15) is 0 Å². The Morgan fingerprint density at radius 1 is 1.04 bits per heavy atom. The second-order valence-electron chi connectivity index (χ2n) is 6.34. The molecule has 1 fully saturated rings. The first-order valence-electron chi connectivity index (χ1n) is 8.51. The van der Waals surface area contributed by atoms with Gasteiger partial charge in [0.05, 0.1) is 22.0 Å². The molecule has 2 amide bonds. The van der Waals surface area contributed by atoms with Crippen LogP contribution in [0.2, 0.25) is 5.02 Å². The molecule has 2 aromatic carbocycles. The first-order chi connectivity index (χ1) is 12.9. The summed E-state index contributed by atoms with van der Waals surface area (Å²) in [5.41, 5.74) is 6.45. The van der Waals surface area contributed by atoms with E-state index in [4.69, 9.17) is 17.3 Å². The molecule has 8 heteroatoms. The summed E-state index contributed by atoms with van der Waals surface area (Å²) in [6, 6.07) is 6.26. The van der Waals surface area contributed by atoms with E-state index in [1.54, 1.807) is 12.1 Å². The lowest BCUT2D eigenvalue weighted by Gasteiger charge is -2.30. The third-order valence-electron chi connectivity index (χ3n) is 4.48. The van der Waals surface area contributed by atoms with Crippen molar-refractivity contribution in [2.24, 2.45) is 5.73 Å². The van der Waals surface area contributed by atoms with Crippen LogP contribution in [0.15, 0.2) is 30.3 Å². The van der Waals surface area contributed by atoms with Crippen LogP contribution in [-0.2, 0) is 0 Å². The summed E-state index contributed by atoms with van der Waals surface area (Å²) >= 11 is 5.88. The molecular weight excluding hydrogens is 376 g/mol. The van der Waals surface area contributed by atoms with Crippen LogP contribution in [0.1, 0.15) is 40.0 Å². The van der Waals surface area contributed by atoms with E-state index in [-0.39, 0.29) is 16.1 Å². The summed E-state index contributed by atoms with van der Waals surface area (Å²) in [4.78, 5) is 26.2. The molecule has 5 nitrogen and oxygen atoms in total. The Hall–Kier alpha value is -2.67. The number of carbonyl (C=O) groups excluding carboxylic acids is 2. The van der Waals surface area contributed by atoms with Gasteiger partial charge in [-0.3, -0.25) is 9.59 Å². The molecule has 1 heterocycles. The Kier molecular flexibility index (Phi) is 5.60. The highest BCUT2D eigenvalue weighted by molar-refractivity contribution is 6.34. The molecule has 1 aliphatic heterocycles. The van der Waals surface area contributed by atoms with Crippen molar-refractivity contribution in [2.75, 3.05) is 23.3 Å². The molecule has 0 atom stereocenters. The first kappa shape index (κ1) is 19.1. The lowest BCUT2D eigenvalue weighted by atomic mass is 10.1. The highest BCUT2D eigenvalue weighted by Crippen LogP contribution is 2.31. The van der Waals surface area contributed by atoms with Gasteiger partial charge in [-0.15, -0.1) is 0 Å². The molecule has 0 saturated carbocycles. The van der Waals surface area contributed by atoms with E-state index < -0.39 is 23.4 Å². The first-order valence-corrected chi connectivity index (χ1v) is 8.89. The van der Waals surface area contributed by atoms with Crippen LogP contribution in [0.25, 0.3) is 0 Å². The van der Waals surface area contributed by atoms with Gasteiger partial charge in [-0.2, -0.15) is 0 Å². The molecule has 0 aliphatic carbocycles. The van der Waals surface area contributed by atoms with Crippen molar-refractivity contribution in [1.82, 2.24) is 0 Å². The topological polar surface area (TPSA) is 75.4 Å². The van der Waals surface area contributed by atoms with Gasteiger partial charge < -0.3 is 16.0 Å². The maximum Gasteiger partial charge on any atom is 0.257 e. The predicted molar refractivity (Wildman–Crippen MR) is 100 cm³/mol. The molecule has 27 heavy (non-hydrogen) atoms. The Morgan fingerprint density at radius 2 is 1.70 bits per heavy atom. The lowest BCUT2D eigenvalue weighted by molar-refractivity contribution is 0.0996. The summed E-state index contributed by atoms with van der Waals surface area (Å²) < 4.78 is 26.8. The highest BCUT2D eigenvalue weighted by Gasteiger charge is 2.20. The fraction of sp³-hybridized carbons (Fsp3) is 0.263. The van der Waals surface area contributed by atoms with E-state index >= 15 is 0 Å². The zero-order valence-electron chi connectivity index (χ0n) is 14.4. The van der Waals surface area contributed by atoms with E-state index in [0.717, 1.165) is 50.2 Å². The van der Waals surface area contributed by atoms with Crippen molar-refractivity contribution in [2.45, 2.75) is 19.3 Å². The highest BCUT2D eigenvalue weighted by atomic mass is 35.5. The molecule has 1 aliphatic rings. The van der Waals surface area contributed by atoms with E-state index in [9.17, 15) is 18.4 Å². The Morgan fingerprint density at radius 3 is 2.37 bits per heavy atom.